The van der Waals surface area contributed by atoms with Gasteiger partial charge in [0.25, 0.3) is 0 Å². The van der Waals surface area contributed by atoms with Crippen molar-refractivity contribution < 1.29 is 14.6 Å². The van der Waals surface area contributed by atoms with Gasteiger partial charge in [0.1, 0.15) is 12.4 Å². The molecule has 0 saturated carbocycles. The van der Waals surface area contributed by atoms with E-state index in [9.17, 15) is 9.90 Å². The van der Waals surface area contributed by atoms with Crippen LogP contribution in [0.5, 0.6) is 0 Å². The Morgan fingerprint density at radius 3 is 3.08 bits per heavy atom. The first-order chi connectivity index (χ1) is 5.70. The summed E-state index contributed by atoms with van der Waals surface area (Å²) in [5.74, 6) is 0. The summed E-state index contributed by atoms with van der Waals surface area (Å²) >= 11 is 0. The van der Waals surface area contributed by atoms with E-state index in [0.29, 0.717) is 19.4 Å². The molecule has 1 aliphatic heterocycles. The molecule has 3 heteroatoms. The fourth-order valence-electron chi connectivity index (χ4n) is 1.72. The lowest BCUT2D eigenvalue weighted by molar-refractivity contribution is -0.136. The van der Waals surface area contributed by atoms with E-state index in [1.807, 2.05) is 6.92 Å². The van der Waals surface area contributed by atoms with Gasteiger partial charge in [0, 0.05) is 6.42 Å². The van der Waals surface area contributed by atoms with Crippen molar-refractivity contribution in [3.63, 3.8) is 0 Å². The van der Waals surface area contributed by atoms with Gasteiger partial charge in [0.05, 0.1) is 12.2 Å². The second-order valence-corrected chi connectivity index (χ2v) is 3.47. The lowest BCUT2D eigenvalue weighted by atomic mass is 9.87. The highest BCUT2D eigenvalue weighted by Crippen LogP contribution is 2.28. The average Bonchev–Trinajstić information content (AvgIpc) is 2.04. The average molecular weight is 172 g/mol. The van der Waals surface area contributed by atoms with Crippen LogP contribution in [-0.4, -0.2) is 29.7 Å². The first-order valence-corrected chi connectivity index (χ1v) is 4.49. The largest absolute Gasteiger partial charge is 0.390 e. The van der Waals surface area contributed by atoms with Crippen molar-refractivity contribution in [2.45, 2.75) is 44.3 Å². The topological polar surface area (TPSA) is 46.5 Å². The van der Waals surface area contributed by atoms with Crippen LogP contribution in [-0.2, 0) is 9.53 Å². The van der Waals surface area contributed by atoms with Crippen molar-refractivity contribution in [1.29, 1.82) is 0 Å². The van der Waals surface area contributed by atoms with Gasteiger partial charge >= 0.3 is 0 Å². The molecule has 0 radical (unpaired) electrons. The molecule has 0 aliphatic carbocycles. The maximum atomic E-state index is 10.4. The molecule has 1 N–H and O–H groups in total. The molecule has 0 aromatic carbocycles. The van der Waals surface area contributed by atoms with Gasteiger partial charge in [0.2, 0.25) is 0 Å². The monoisotopic (exact) mass is 172 g/mol. The third kappa shape index (κ3) is 2.29. The molecule has 1 heterocycles. The van der Waals surface area contributed by atoms with Crippen molar-refractivity contribution in [3.8, 4) is 0 Å². The van der Waals surface area contributed by atoms with E-state index in [4.69, 9.17) is 4.74 Å². The van der Waals surface area contributed by atoms with Gasteiger partial charge in [0.15, 0.2) is 0 Å². The van der Waals surface area contributed by atoms with Crippen LogP contribution in [0.15, 0.2) is 0 Å². The van der Waals surface area contributed by atoms with Gasteiger partial charge in [-0.2, -0.15) is 0 Å². The fourth-order valence-corrected chi connectivity index (χ4v) is 1.72. The molecule has 12 heavy (non-hydrogen) atoms. The van der Waals surface area contributed by atoms with E-state index in [1.165, 1.54) is 0 Å². The minimum absolute atomic E-state index is 0.393. The number of carbonyl (C=O) groups excluding carboxylic acids is 1. The Labute approximate surface area is 72.7 Å². The van der Waals surface area contributed by atoms with E-state index < -0.39 is 11.7 Å². The first-order valence-electron chi connectivity index (χ1n) is 4.49. The summed E-state index contributed by atoms with van der Waals surface area (Å²) in [6.07, 6.45) is 3.22. The molecule has 1 aliphatic rings. The Bertz CT molecular complexity index is 154. The minimum atomic E-state index is -0.654. The summed E-state index contributed by atoms with van der Waals surface area (Å²) < 4.78 is 5.14. The Kier molecular flexibility index (Phi) is 3.23. The molecular weight excluding hydrogens is 156 g/mol. The number of ether oxygens (including phenoxy) is 1. The molecule has 1 rings (SSSR count). The zero-order valence-electron chi connectivity index (χ0n) is 7.45. The molecule has 2 unspecified atom stereocenters. The maximum absolute atomic E-state index is 10.4. The minimum Gasteiger partial charge on any atom is -0.390 e. The van der Waals surface area contributed by atoms with Crippen molar-refractivity contribution in [2.24, 2.45) is 0 Å². The lowest BCUT2D eigenvalue weighted by Gasteiger charge is -2.34. The van der Waals surface area contributed by atoms with E-state index in [2.05, 4.69) is 0 Å². The normalized spacial score (nSPS) is 36.3. The smallest absolute Gasteiger partial charge is 0.148 e. The van der Waals surface area contributed by atoms with Crippen LogP contribution < -0.4 is 0 Å². The van der Waals surface area contributed by atoms with Crippen molar-refractivity contribution >= 4 is 6.29 Å². The van der Waals surface area contributed by atoms with Crippen LogP contribution in [0, 0.1) is 0 Å². The molecular formula is C9H16O3. The number of rotatable bonds is 3. The van der Waals surface area contributed by atoms with Gasteiger partial charge in [-0.15, -0.1) is 0 Å². The predicted octanol–water partition coefficient (Wildman–Crippen LogP) is 0.895. The van der Waals surface area contributed by atoms with Gasteiger partial charge in [-0.05, 0) is 12.8 Å². The second kappa shape index (κ2) is 4.01. The zero-order chi connectivity index (χ0) is 9.03. The Morgan fingerprint density at radius 1 is 1.75 bits per heavy atom. The quantitative estimate of drug-likeness (QED) is 0.643. The molecule has 0 spiro atoms. The Morgan fingerprint density at radius 2 is 2.50 bits per heavy atom. The standard InChI is InChI=1S/C9H16O3/c1-2-3-9(11)4-5-12-8(6-9)7-10/h7-8,11H,2-6H2,1H3. The molecule has 1 saturated heterocycles. The number of hydrogen-bond acceptors (Lipinski definition) is 3. The van der Waals surface area contributed by atoms with Crippen LogP contribution >= 0.6 is 0 Å². The van der Waals surface area contributed by atoms with E-state index >= 15 is 0 Å². The highest BCUT2D eigenvalue weighted by atomic mass is 16.5. The molecule has 0 aromatic heterocycles. The van der Waals surface area contributed by atoms with Crippen LogP contribution in [0.25, 0.3) is 0 Å². The summed E-state index contributed by atoms with van der Waals surface area (Å²) in [7, 11) is 0. The van der Waals surface area contributed by atoms with E-state index in [-0.39, 0.29) is 0 Å². The molecule has 0 amide bonds. The fraction of sp³-hybridized carbons (Fsp3) is 0.889. The summed E-state index contributed by atoms with van der Waals surface area (Å²) in [4.78, 5) is 10.4. The molecule has 70 valence electrons. The summed E-state index contributed by atoms with van der Waals surface area (Å²) in [5, 5.41) is 9.93. The highest BCUT2D eigenvalue weighted by molar-refractivity contribution is 5.56. The van der Waals surface area contributed by atoms with Crippen molar-refractivity contribution in [1.82, 2.24) is 0 Å². The third-order valence-corrected chi connectivity index (χ3v) is 2.35. The van der Waals surface area contributed by atoms with Crippen LogP contribution in [0.1, 0.15) is 32.6 Å². The predicted molar refractivity (Wildman–Crippen MR) is 44.9 cm³/mol. The SMILES string of the molecule is CCCC1(O)CCOC(C=O)C1. The maximum Gasteiger partial charge on any atom is 0.148 e. The second-order valence-electron chi connectivity index (χ2n) is 3.47. The lowest BCUT2D eigenvalue weighted by Crippen LogP contribution is -2.41. The molecule has 1 fully saturated rings. The zero-order valence-corrected chi connectivity index (χ0v) is 7.45. The number of carbonyl (C=O) groups is 1. The molecule has 0 aromatic rings. The van der Waals surface area contributed by atoms with Crippen molar-refractivity contribution in [3.05, 3.63) is 0 Å². The third-order valence-electron chi connectivity index (χ3n) is 2.35. The number of hydrogen-bond donors (Lipinski definition) is 1. The molecule has 0 bridgehead atoms. The Hall–Kier alpha value is -0.410. The summed E-state index contributed by atoms with van der Waals surface area (Å²) in [6, 6.07) is 0. The van der Waals surface area contributed by atoms with Gasteiger partial charge in [-0.1, -0.05) is 13.3 Å². The van der Waals surface area contributed by atoms with Crippen LogP contribution in [0.4, 0.5) is 0 Å². The number of aldehydes is 1. The van der Waals surface area contributed by atoms with E-state index in [1.54, 1.807) is 0 Å². The van der Waals surface area contributed by atoms with Gasteiger partial charge in [-0.3, -0.25) is 0 Å². The van der Waals surface area contributed by atoms with E-state index in [0.717, 1.165) is 19.1 Å². The van der Waals surface area contributed by atoms with Crippen LogP contribution in [0.2, 0.25) is 0 Å². The van der Waals surface area contributed by atoms with Gasteiger partial charge < -0.3 is 14.6 Å². The van der Waals surface area contributed by atoms with Gasteiger partial charge in [-0.25, -0.2) is 0 Å². The molecule has 2 atom stereocenters. The summed E-state index contributed by atoms with van der Waals surface area (Å²) in [6.45, 7) is 2.53. The molecule has 3 nitrogen and oxygen atoms in total. The summed E-state index contributed by atoms with van der Waals surface area (Å²) in [5.41, 5.74) is -0.654. The van der Waals surface area contributed by atoms with Crippen LogP contribution in [0.3, 0.4) is 0 Å². The highest BCUT2D eigenvalue weighted by Gasteiger charge is 2.33. The first kappa shape index (κ1) is 9.68. The number of aliphatic hydroxyl groups is 1. The Balaban J connectivity index is 2.48. The van der Waals surface area contributed by atoms with Crippen molar-refractivity contribution in [2.75, 3.05) is 6.61 Å².